The summed E-state index contributed by atoms with van der Waals surface area (Å²) in [6.45, 7) is 3.98. The van der Waals surface area contributed by atoms with Crippen LogP contribution in [0.25, 0.3) is 11.1 Å². The van der Waals surface area contributed by atoms with Crippen molar-refractivity contribution >= 4 is 35.5 Å². The van der Waals surface area contributed by atoms with Crippen LogP contribution in [-0.4, -0.2) is 151 Å². The molecule has 3 saturated heterocycles. The third-order valence-corrected chi connectivity index (χ3v) is 19.3. The SMILES string of the molecule is CN(CCN1CCC(OC(=O)Nc2ccccc2-c2ccccc2)CC1)C(=O)c1ccc(CNCc2ccc(C(C(=O)O)N(C)C(=O)CO[C@H]3Cc4ccccc4C34CCN(CC[C@@]3(c5ccc(F)cc5)CN(C(=O)c5cc(C(F)(F)F)cc(C(F)(F)F)c5)CO3)CC4)cc2)cc1. The van der Waals surface area contributed by atoms with E-state index < -0.39 is 95.2 Å². The summed E-state index contributed by atoms with van der Waals surface area (Å²) in [4.78, 5) is 75.4. The van der Waals surface area contributed by atoms with Crippen LogP contribution in [-0.2, 0) is 66.7 Å². The van der Waals surface area contributed by atoms with E-state index in [4.69, 9.17) is 14.2 Å². The van der Waals surface area contributed by atoms with Crippen LogP contribution in [0.5, 0.6) is 0 Å². The summed E-state index contributed by atoms with van der Waals surface area (Å²) in [6, 6.07) is 44.6. The van der Waals surface area contributed by atoms with Crippen molar-refractivity contribution in [3.8, 4) is 11.1 Å². The minimum Gasteiger partial charge on any atom is -0.479 e. The van der Waals surface area contributed by atoms with Crippen LogP contribution in [0.4, 0.5) is 41.2 Å². The monoisotopic (exact) mass is 1340 g/mol. The van der Waals surface area contributed by atoms with Crippen LogP contribution >= 0.6 is 0 Å². The molecule has 3 heterocycles. The topological polar surface area (TPSA) is 174 Å². The molecule has 3 N–H and O–H groups in total. The lowest BCUT2D eigenvalue weighted by atomic mass is 9.72. The van der Waals surface area contributed by atoms with E-state index in [0.717, 1.165) is 51.4 Å². The lowest BCUT2D eigenvalue weighted by molar-refractivity contribution is -0.153. The second-order valence-electron chi connectivity index (χ2n) is 25.5. The summed E-state index contributed by atoms with van der Waals surface area (Å²) < 4.78 is 116. The van der Waals surface area contributed by atoms with Gasteiger partial charge in [-0.05, 0) is 139 Å². The normalized spacial score (nSPS) is 18.5. The van der Waals surface area contributed by atoms with Crippen LogP contribution in [0.2, 0.25) is 0 Å². The highest BCUT2D eigenvalue weighted by Gasteiger charge is 2.51. The zero-order valence-corrected chi connectivity index (χ0v) is 53.7. The lowest BCUT2D eigenvalue weighted by Gasteiger charge is -2.44. The number of carbonyl (C=O) groups excluding carboxylic acids is 4. The zero-order valence-electron chi connectivity index (χ0n) is 53.7. The Morgan fingerprint density at radius 3 is 1.96 bits per heavy atom. The number of ether oxygens (including phenoxy) is 3. The lowest BCUT2D eigenvalue weighted by Crippen LogP contribution is -2.50. The van der Waals surface area contributed by atoms with Crippen molar-refractivity contribution in [2.24, 2.45) is 0 Å². The van der Waals surface area contributed by atoms with E-state index in [0.29, 0.717) is 112 Å². The summed E-state index contributed by atoms with van der Waals surface area (Å²) in [5.41, 5.74) is 2.11. The number of aliphatic carboxylic acids is 1. The van der Waals surface area contributed by atoms with Gasteiger partial charge >= 0.3 is 24.4 Å². The van der Waals surface area contributed by atoms with Crippen molar-refractivity contribution in [3.05, 3.63) is 231 Å². The van der Waals surface area contributed by atoms with Gasteiger partial charge in [0, 0.05) is 82.0 Å². The molecule has 1 aliphatic carbocycles. The second-order valence-corrected chi connectivity index (χ2v) is 25.5. The van der Waals surface area contributed by atoms with Crippen molar-refractivity contribution in [1.29, 1.82) is 0 Å². The first-order valence-corrected chi connectivity index (χ1v) is 32.3. The number of fused-ring (bicyclic) bond motifs is 2. The fourth-order valence-corrected chi connectivity index (χ4v) is 13.8. The molecule has 0 aromatic heterocycles. The Hall–Kier alpha value is -9.00. The number of halogens is 7. The van der Waals surface area contributed by atoms with E-state index in [2.05, 4.69) is 26.5 Å². The summed E-state index contributed by atoms with van der Waals surface area (Å²) in [7, 11) is 3.22. The van der Waals surface area contributed by atoms with Crippen molar-refractivity contribution in [2.75, 3.05) is 85.1 Å². The quantitative estimate of drug-likeness (QED) is 0.0549. The highest BCUT2D eigenvalue weighted by atomic mass is 19.4. The van der Waals surface area contributed by atoms with Crippen molar-refractivity contribution in [1.82, 2.24) is 29.8 Å². The number of carboxylic acid groups (broad SMARTS) is 1. The Morgan fingerprint density at radius 2 is 1.31 bits per heavy atom. The molecule has 0 saturated carbocycles. The van der Waals surface area contributed by atoms with Gasteiger partial charge in [0.05, 0.1) is 29.5 Å². The smallest absolute Gasteiger partial charge is 0.416 e. The number of carbonyl (C=O) groups is 5. The number of anilines is 1. The van der Waals surface area contributed by atoms with Crippen LogP contribution in [0.15, 0.2) is 170 Å². The Balaban J connectivity index is 0.628. The summed E-state index contributed by atoms with van der Waals surface area (Å²) >= 11 is 0. The van der Waals surface area contributed by atoms with Crippen LogP contribution in [0.3, 0.4) is 0 Å². The number of hydrogen-bond acceptors (Lipinski definition) is 11. The molecule has 0 bridgehead atoms. The Kier molecular flexibility index (Phi) is 21.3. The Bertz CT molecular complexity index is 3890. The average molecular weight is 1340 g/mol. The molecule has 4 amide bonds. The molecule has 16 nitrogen and oxygen atoms in total. The maximum atomic E-state index is 14.3. The first-order valence-electron chi connectivity index (χ1n) is 32.3. The van der Waals surface area contributed by atoms with Gasteiger partial charge < -0.3 is 49.1 Å². The van der Waals surface area contributed by atoms with Crippen molar-refractivity contribution < 1.29 is 74.0 Å². The largest absolute Gasteiger partial charge is 0.479 e. The van der Waals surface area contributed by atoms with Crippen LogP contribution in [0, 0.1) is 5.82 Å². The molecule has 4 aliphatic rings. The van der Waals surface area contributed by atoms with E-state index in [9.17, 15) is 59.8 Å². The number of likely N-dealkylation sites (N-methyl/N-ethyl adjacent to an activating group) is 2. The maximum absolute atomic E-state index is 14.3. The number of nitrogens with zero attached hydrogens (tertiary/aromatic N) is 5. The summed E-state index contributed by atoms with van der Waals surface area (Å²) in [6.07, 6.45) is -8.20. The minimum atomic E-state index is -5.17. The van der Waals surface area contributed by atoms with E-state index >= 15 is 0 Å². The predicted octanol–water partition coefficient (Wildman–Crippen LogP) is 12.6. The van der Waals surface area contributed by atoms with E-state index in [1.807, 2.05) is 109 Å². The van der Waals surface area contributed by atoms with Gasteiger partial charge in [-0.3, -0.25) is 19.7 Å². The van der Waals surface area contributed by atoms with Gasteiger partial charge in [-0.25, -0.2) is 14.0 Å². The molecule has 97 heavy (non-hydrogen) atoms. The first-order chi connectivity index (χ1) is 46.4. The van der Waals surface area contributed by atoms with Gasteiger partial charge in [0.15, 0.2) is 6.04 Å². The van der Waals surface area contributed by atoms with Gasteiger partial charge in [0.2, 0.25) is 5.91 Å². The maximum Gasteiger partial charge on any atom is 0.416 e. The van der Waals surface area contributed by atoms with E-state index in [1.165, 1.54) is 36.2 Å². The fourth-order valence-electron chi connectivity index (χ4n) is 13.8. The van der Waals surface area contributed by atoms with E-state index in [1.54, 1.807) is 24.1 Å². The summed E-state index contributed by atoms with van der Waals surface area (Å²) in [5.74, 6) is -3.50. The molecule has 0 radical (unpaired) electrons. The number of alkyl halides is 6. The third kappa shape index (κ3) is 16.4. The van der Waals surface area contributed by atoms with Crippen LogP contribution in [0.1, 0.15) is 103 Å². The van der Waals surface area contributed by atoms with Gasteiger partial charge in [-0.2, -0.15) is 26.3 Å². The standard InChI is InChI=1S/C74H76F7N7O9/c1-84(38-39-86-33-28-60(29-34-86)97-70(94)83-63-15-9-7-13-61(63)51-10-4-3-5-11-51)67(90)53-22-18-50(19-23-53)45-82-44-49-16-20-52(21-17-49)66(69(92)93)85(2)65(89)46-95-64-42-54-12-6-8-14-62(54)71(64)30-35-87(36-31-71)37-32-72(56-24-26-59(75)27-25-56)47-88(48-96-72)68(91)55-40-57(73(76,77)78)43-58(41-55)74(79,80)81/h3-27,40-41,43,60,64,66,82H,28-39,42,44-48H2,1-2H3,(H,83,94)(H,92,93)/t64-,66?,72-/m0/s1. The van der Waals surface area contributed by atoms with Gasteiger partial charge in [-0.1, -0.05) is 121 Å². The van der Waals surface area contributed by atoms with Crippen LogP contribution < -0.4 is 10.6 Å². The van der Waals surface area contributed by atoms with E-state index in [-0.39, 0.29) is 31.0 Å². The number of benzene rings is 7. The Labute approximate surface area is 557 Å². The first kappa shape index (κ1) is 69.4. The average Bonchev–Trinajstić information content (AvgIpc) is 1.61. The van der Waals surface area contributed by atoms with Crippen molar-refractivity contribution in [3.63, 3.8) is 0 Å². The highest BCUT2D eigenvalue weighted by Crippen LogP contribution is 2.49. The molecule has 3 atom stereocenters. The predicted molar refractivity (Wildman–Crippen MR) is 348 cm³/mol. The van der Waals surface area contributed by atoms with Gasteiger partial charge in [0.1, 0.15) is 30.9 Å². The molecule has 1 unspecified atom stereocenters. The molecule has 7 aromatic rings. The Morgan fingerprint density at radius 1 is 0.701 bits per heavy atom. The number of amides is 4. The van der Waals surface area contributed by atoms with Gasteiger partial charge in [0.25, 0.3) is 11.8 Å². The molecular weight excluding hydrogens is 1260 g/mol. The zero-order chi connectivity index (χ0) is 68.7. The molecule has 7 aromatic carbocycles. The number of likely N-dealkylation sites (tertiary alicyclic amines) is 2. The number of carboxylic acids is 1. The number of piperidine rings is 2. The number of para-hydroxylation sites is 1. The van der Waals surface area contributed by atoms with Gasteiger partial charge in [-0.15, -0.1) is 0 Å². The third-order valence-electron chi connectivity index (χ3n) is 19.3. The number of hydrogen-bond donors (Lipinski definition) is 3. The van der Waals surface area contributed by atoms with Crippen molar-refractivity contribution in [2.45, 2.75) is 93.2 Å². The molecule has 1 spiro atoms. The molecule has 3 aliphatic heterocycles. The molecule has 510 valence electrons. The number of nitrogens with one attached hydrogen (secondary N) is 2. The second kappa shape index (κ2) is 29.8. The number of rotatable bonds is 22. The molecule has 3 fully saturated rings. The molecule has 11 rings (SSSR count). The summed E-state index contributed by atoms with van der Waals surface area (Å²) in [5, 5.41) is 16.8. The minimum absolute atomic E-state index is 0.0414. The fraction of sp³-hybridized carbons (Fsp3) is 0.365. The molecular formula is C74H76F7N7O9. The molecule has 23 heteroatoms. The highest BCUT2D eigenvalue weighted by molar-refractivity contribution is 5.95.